The van der Waals surface area contributed by atoms with Gasteiger partial charge in [0.05, 0.1) is 23.0 Å². The van der Waals surface area contributed by atoms with Gasteiger partial charge in [0.25, 0.3) is 0 Å². The van der Waals surface area contributed by atoms with Crippen molar-refractivity contribution in [3.63, 3.8) is 0 Å². The Morgan fingerprint density at radius 3 is 2.50 bits per heavy atom. The van der Waals surface area contributed by atoms with E-state index in [4.69, 9.17) is 35.3 Å². The van der Waals surface area contributed by atoms with Crippen molar-refractivity contribution in [3.8, 4) is 0 Å². The maximum atomic E-state index is 13.0. The van der Waals surface area contributed by atoms with Gasteiger partial charge < -0.3 is 0 Å². The number of fused-ring (bicyclic) bond motifs is 1. The molecule has 0 radical (unpaired) electrons. The lowest BCUT2D eigenvalue weighted by atomic mass is 9.99. The number of carbonyl (C=O) groups is 2. The van der Waals surface area contributed by atoms with E-state index < -0.39 is 5.91 Å². The summed E-state index contributed by atoms with van der Waals surface area (Å²) in [5.74, 6) is -0.550. The zero-order valence-corrected chi connectivity index (χ0v) is 14.8. The quantitative estimate of drug-likeness (QED) is 0.599. The molecule has 1 aliphatic rings. The van der Waals surface area contributed by atoms with Crippen LogP contribution in [-0.4, -0.2) is 34.5 Å². The molecule has 1 aromatic carbocycles. The van der Waals surface area contributed by atoms with Gasteiger partial charge >= 0.3 is 11.8 Å². The molecule has 0 aliphatic carbocycles. The van der Waals surface area contributed by atoms with Crippen LogP contribution in [0.15, 0.2) is 18.2 Å². The minimum absolute atomic E-state index is 0.195. The molecule has 5 nitrogen and oxygen atoms in total. The summed E-state index contributed by atoms with van der Waals surface area (Å²) in [6.45, 7) is 4.43. The molecule has 0 saturated heterocycles. The molecular weight excluding hydrogens is 349 g/mol. The maximum Gasteiger partial charge on any atom is 0.374 e. The second-order valence-electron chi connectivity index (χ2n) is 5.64. The van der Waals surface area contributed by atoms with Gasteiger partial charge in [-0.1, -0.05) is 24.4 Å². The third-order valence-corrected chi connectivity index (χ3v) is 4.88. The Bertz CT molecular complexity index is 623. The van der Waals surface area contributed by atoms with Gasteiger partial charge in [-0.2, -0.15) is 3.94 Å². The Kier molecular flexibility index (Phi) is 4.92. The van der Waals surface area contributed by atoms with E-state index in [0.29, 0.717) is 6.54 Å². The summed E-state index contributed by atoms with van der Waals surface area (Å²) >= 11 is 17.8. The molecule has 0 bridgehead atoms. The topological polar surface area (TPSA) is 40.6 Å². The smallest absolute Gasteiger partial charge is 0.262 e. The highest BCUT2D eigenvalue weighted by Crippen LogP contribution is 2.37. The van der Waals surface area contributed by atoms with Gasteiger partial charge in [-0.25, -0.2) is 4.79 Å². The second-order valence-corrected chi connectivity index (χ2v) is 6.81. The Balaban J connectivity index is 2.62. The van der Waals surface area contributed by atoms with Crippen LogP contribution >= 0.6 is 35.3 Å². The Labute approximate surface area is 144 Å². The number of nitrogens with zero attached hydrogens (tertiary/aromatic N) is 3. The Hall–Kier alpha value is -1.01. The summed E-state index contributed by atoms with van der Waals surface area (Å²) in [5.41, 5.74) is 0.668. The van der Waals surface area contributed by atoms with Crippen LogP contribution in [0.25, 0.3) is 0 Å². The number of quaternary nitrogens is 1. The van der Waals surface area contributed by atoms with Crippen LogP contribution in [0.4, 0.5) is 5.69 Å². The first kappa shape index (κ1) is 17.3. The maximum absolute atomic E-state index is 13.0. The second kappa shape index (κ2) is 6.24. The number of amides is 2. The first-order chi connectivity index (χ1) is 10.2. The zero-order chi connectivity index (χ0) is 16.7. The van der Waals surface area contributed by atoms with Gasteiger partial charge in [0.2, 0.25) is 0 Å². The van der Waals surface area contributed by atoms with Gasteiger partial charge in [0, 0.05) is 29.5 Å². The van der Waals surface area contributed by atoms with Crippen LogP contribution in [0.2, 0.25) is 0 Å². The molecular formula is C14H17Cl3N3O2+. The standard InChI is InChI=1S/C14H17Cl3N3O2/c1-4-9(2)8-20(3)14(22)12-10(13(21)19(20)17)6-5-7-11(12)18(15)16/h5-7,9H,4,8H2,1-3H3/q+1. The summed E-state index contributed by atoms with van der Waals surface area (Å²) in [7, 11) is 1.62. The molecule has 0 fully saturated rings. The largest absolute Gasteiger partial charge is 0.374 e. The molecule has 0 spiro atoms. The summed E-state index contributed by atoms with van der Waals surface area (Å²) in [6.07, 6.45) is 0.867. The summed E-state index contributed by atoms with van der Waals surface area (Å²) in [5, 5.41) is 0. The molecule has 0 aromatic heterocycles. The fourth-order valence-corrected chi connectivity index (χ4v) is 3.10. The van der Waals surface area contributed by atoms with Crippen molar-refractivity contribution in [3.05, 3.63) is 29.3 Å². The molecule has 1 aromatic rings. The van der Waals surface area contributed by atoms with E-state index in [-0.39, 0.29) is 33.2 Å². The third kappa shape index (κ3) is 2.67. The van der Waals surface area contributed by atoms with Crippen LogP contribution in [0.1, 0.15) is 41.0 Å². The Morgan fingerprint density at radius 1 is 1.32 bits per heavy atom. The normalized spacial score (nSPS) is 22.5. The van der Waals surface area contributed by atoms with Crippen LogP contribution < -0.4 is 3.94 Å². The number of benzene rings is 1. The summed E-state index contributed by atoms with van der Waals surface area (Å²) < 4.78 is 1.40. The van der Waals surface area contributed by atoms with E-state index in [2.05, 4.69) is 0 Å². The van der Waals surface area contributed by atoms with Crippen molar-refractivity contribution in [1.82, 2.24) is 4.53 Å². The van der Waals surface area contributed by atoms with Gasteiger partial charge in [-0.05, 0) is 18.6 Å². The van der Waals surface area contributed by atoms with Crippen molar-refractivity contribution in [1.29, 1.82) is 0 Å². The zero-order valence-electron chi connectivity index (χ0n) is 12.5. The lowest BCUT2D eigenvalue weighted by molar-refractivity contribution is -0.919. The SMILES string of the molecule is CCC(C)C[N+]1(C)C(=O)c2c(cccc2N(Cl)Cl)C(=O)N1Cl. The lowest BCUT2D eigenvalue weighted by Gasteiger charge is -2.40. The highest BCUT2D eigenvalue weighted by Gasteiger charge is 2.51. The molecule has 1 aliphatic heterocycles. The van der Waals surface area contributed by atoms with Crippen LogP contribution in [-0.2, 0) is 0 Å². The van der Waals surface area contributed by atoms with E-state index in [0.717, 1.165) is 14.9 Å². The first-order valence-electron chi connectivity index (χ1n) is 6.89. The van der Waals surface area contributed by atoms with Crippen molar-refractivity contribution in [2.45, 2.75) is 20.3 Å². The van der Waals surface area contributed by atoms with Crippen molar-refractivity contribution in [2.24, 2.45) is 5.92 Å². The highest BCUT2D eigenvalue weighted by atomic mass is 35.5. The Morgan fingerprint density at radius 2 is 1.95 bits per heavy atom. The van der Waals surface area contributed by atoms with Gasteiger partial charge in [0.15, 0.2) is 0 Å². The van der Waals surface area contributed by atoms with Gasteiger partial charge in [-0.3, -0.25) is 4.79 Å². The van der Waals surface area contributed by atoms with Crippen LogP contribution in [0.3, 0.4) is 0 Å². The molecule has 1 heterocycles. The molecule has 0 saturated carbocycles. The number of rotatable bonds is 4. The fourth-order valence-electron chi connectivity index (χ4n) is 2.60. The van der Waals surface area contributed by atoms with Gasteiger partial charge in [-0.15, -0.1) is 4.59 Å². The number of hydrogen-bond acceptors (Lipinski definition) is 3. The first-order valence-corrected chi connectivity index (χ1v) is 7.91. The van der Waals surface area contributed by atoms with E-state index in [1.54, 1.807) is 25.2 Å². The predicted octanol–water partition coefficient (Wildman–Crippen LogP) is 3.96. The van der Waals surface area contributed by atoms with E-state index >= 15 is 0 Å². The lowest BCUT2D eigenvalue weighted by Crippen LogP contribution is -2.63. The molecule has 2 amide bonds. The average molecular weight is 366 g/mol. The average Bonchev–Trinajstić information content (AvgIpc) is 2.50. The van der Waals surface area contributed by atoms with Crippen molar-refractivity contribution < 1.29 is 14.2 Å². The number of hydrogen-bond donors (Lipinski definition) is 0. The van der Waals surface area contributed by atoms with Crippen LogP contribution in [0, 0.1) is 5.92 Å². The minimum Gasteiger partial charge on any atom is -0.262 e. The van der Waals surface area contributed by atoms with Crippen LogP contribution in [0.5, 0.6) is 0 Å². The highest BCUT2D eigenvalue weighted by molar-refractivity contribution is 6.50. The van der Waals surface area contributed by atoms with E-state index in [1.165, 1.54) is 0 Å². The molecule has 120 valence electrons. The third-order valence-electron chi connectivity index (χ3n) is 4.03. The molecule has 2 atom stereocenters. The monoisotopic (exact) mass is 364 g/mol. The van der Waals surface area contributed by atoms with E-state index in [9.17, 15) is 9.59 Å². The molecule has 8 heteroatoms. The molecule has 22 heavy (non-hydrogen) atoms. The van der Waals surface area contributed by atoms with E-state index in [1.807, 2.05) is 13.8 Å². The summed E-state index contributed by atoms with van der Waals surface area (Å²) in [4.78, 5) is 25.6. The number of anilines is 1. The minimum atomic E-state index is -0.445. The molecule has 2 unspecified atom stereocenters. The number of halogens is 3. The fraction of sp³-hybridized carbons (Fsp3) is 0.429. The molecule has 2 rings (SSSR count). The van der Waals surface area contributed by atoms with Crippen molar-refractivity contribution >= 4 is 52.8 Å². The van der Waals surface area contributed by atoms with Crippen molar-refractivity contribution in [2.75, 3.05) is 17.5 Å². The molecule has 0 N–H and O–H groups in total. The van der Waals surface area contributed by atoms with Gasteiger partial charge in [0.1, 0.15) is 19.2 Å². The number of carbonyl (C=O) groups excluding carboxylic acids is 2. The summed E-state index contributed by atoms with van der Waals surface area (Å²) in [6, 6.07) is 4.73. The predicted molar refractivity (Wildman–Crippen MR) is 87.5 cm³/mol.